The molecule has 0 aromatic carbocycles. The van der Waals surface area contributed by atoms with Crippen molar-refractivity contribution in [2.45, 2.75) is 55.4 Å². The monoisotopic (exact) mass is 436 g/mol. The number of carbonyl (C=O) groups is 2. The van der Waals surface area contributed by atoms with Crippen LogP contribution >= 0.6 is 29.6 Å². The molecule has 26 heavy (non-hydrogen) atoms. The average Bonchev–Trinajstić information content (AvgIpc) is 2.68. The third-order valence-corrected chi connectivity index (χ3v) is 24.0. The lowest BCUT2D eigenvalue weighted by Crippen LogP contribution is -2.34. The average molecular weight is 436 g/mol. The largest absolute Gasteiger partial charge is 0.289 e. The second kappa shape index (κ2) is 10.5. The van der Waals surface area contributed by atoms with Crippen LogP contribution in [-0.2, 0) is 9.59 Å². The van der Waals surface area contributed by atoms with E-state index in [2.05, 4.69) is 55.4 Å². The first-order chi connectivity index (χ1) is 12.3. The summed E-state index contributed by atoms with van der Waals surface area (Å²) in [6.45, 7) is 13.7. The SMILES string of the molecule is CCP(CC)C1=P(CC)(CC)C(=O)C(P(CC)CC)=P(CC)(CC)C1=O. The van der Waals surface area contributed by atoms with Gasteiger partial charge >= 0.3 is 0 Å². The summed E-state index contributed by atoms with van der Waals surface area (Å²) in [5, 5.41) is 2.41. The molecule has 0 fully saturated rings. The minimum atomic E-state index is -1.98. The van der Waals surface area contributed by atoms with Crippen molar-refractivity contribution in [3.63, 3.8) is 0 Å². The molecule has 0 radical (unpaired) electrons. The molecule has 1 aliphatic rings. The van der Waals surface area contributed by atoms with Crippen LogP contribution in [0.4, 0.5) is 0 Å². The van der Waals surface area contributed by atoms with Crippen LogP contribution in [0.5, 0.6) is 0 Å². The Bertz CT molecular complexity index is 568. The summed E-state index contributed by atoms with van der Waals surface area (Å²) in [6.07, 6.45) is 7.82. The predicted octanol–water partition coefficient (Wildman–Crippen LogP) is 6.47. The summed E-state index contributed by atoms with van der Waals surface area (Å²) in [5.41, 5.74) is 1.02. The fourth-order valence-corrected chi connectivity index (χ4v) is 24.7. The Kier molecular flexibility index (Phi) is 10.1. The van der Waals surface area contributed by atoms with E-state index in [1.54, 1.807) is 0 Å². The van der Waals surface area contributed by atoms with Crippen molar-refractivity contribution >= 4 is 50.7 Å². The lowest BCUT2D eigenvalue weighted by molar-refractivity contribution is -0.107. The molecule has 0 amide bonds. The molecule has 1 heterocycles. The van der Waals surface area contributed by atoms with E-state index < -0.39 is 29.6 Å². The standard InChI is InChI=1S/C20H40O2P4/c1-9-23(10-2)19-17(21)26(15-7,16-8)20(24(11-3)12-4)18(22)25(19,13-5)14-6/h9-16H2,1-8H3. The van der Waals surface area contributed by atoms with Gasteiger partial charge in [0.15, 0.2) is 11.0 Å². The van der Waals surface area contributed by atoms with Gasteiger partial charge in [-0.2, -0.15) is 0 Å². The zero-order chi connectivity index (χ0) is 20.1. The predicted molar refractivity (Wildman–Crippen MR) is 132 cm³/mol. The maximum atomic E-state index is 14.2. The Morgan fingerprint density at radius 3 is 0.923 bits per heavy atom. The maximum absolute atomic E-state index is 14.2. The van der Waals surface area contributed by atoms with Crippen molar-refractivity contribution in [3.8, 4) is 0 Å². The molecule has 0 bridgehead atoms. The molecule has 0 aromatic heterocycles. The Morgan fingerprint density at radius 1 is 0.538 bits per heavy atom. The van der Waals surface area contributed by atoms with Gasteiger partial charge < -0.3 is 0 Å². The number of carbonyl (C=O) groups excluding carboxylic acids is 2. The normalized spacial score (nSPS) is 19.8. The van der Waals surface area contributed by atoms with E-state index in [-0.39, 0.29) is 0 Å². The molecular formula is C20H40O2P4. The van der Waals surface area contributed by atoms with Crippen LogP contribution in [0.3, 0.4) is 0 Å². The highest BCUT2D eigenvalue weighted by Crippen LogP contribution is 2.71. The summed E-state index contributed by atoms with van der Waals surface area (Å²) in [6, 6.07) is 0. The Balaban J connectivity index is 4.04. The Labute approximate surface area is 165 Å². The summed E-state index contributed by atoms with van der Waals surface area (Å²) in [4.78, 5) is 28.4. The van der Waals surface area contributed by atoms with E-state index >= 15 is 0 Å². The molecule has 0 saturated heterocycles. The van der Waals surface area contributed by atoms with Crippen molar-refractivity contribution in [2.75, 3.05) is 49.3 Å². The first kappa shape index (κ1) is 24.8. The molecule has 0 saturated carbocycles. The highest BCUT2D eigenvalue weighted by Gasteiger charge is 2.48. The molecule has 6 heteroatoms. The quantitative estimate of drug-likeness (QED) is 0.368. The molecule has 0 aliphatic carbocycles. The van der Waals surface area contributed by atoms with Gasteiger partial charge in [0.25, 0.3) is 0 Å². The molecule has 2 nitrogen and oxygen atoms in total. The first-order valence-electron chi connectivity index (χ1n) is 10.4. The van der Waals surface area contributed by atoms with Crippen molar-refractivity contribution in [1.29, 1.82) is 0 Å². The number of hydrogen-bond acceptors (Lipinski definition) is 2. The van der Waals surface area contributed by atoms with E-state index in [0.29, 0.717) is 11.0 Å². The zero-order valence-corrected chi connectivity index (χ0v) is 21.8. The molecule has 1 aliphatic heterocycles. The lowest BCUT2D eigenvalue weighted by Gasteiger charge is -2.43. The number of hydrogen-bond donors (Lipinski definition) is 0. The summed E-state index contributed by atoms with van der Waals surface area (Å²) in [7, 11) is -0.879. The van der Waals surface area contributed by atoms with Crippen LogP contribution in [0.25, 0.3) is 0 Å². The fraction of sp³-hybridized carbons (Fsp3) is 0.800. The van der Waals surface area contributed by atoms with Gasteiger partial charge in [0.2, 0.25) is 0 Å². The van der Waals surface area contributed by atoms with Crippen LogP contribution < -0.4 is 0 Å². The number of rotatable bonds is 10. The zero-order valence-electron chi connectivity index (χ0n) is 18.3. The van der Waals surface area contributed by atoms with Gasteiger partial charge in [0.1, 0.15) is 0 Å². The Morgan fingerprint density at radius 2 is 0.769 bits per heavy atom. The minimum absolute atomic E-state index is 0.439. The van der Waals surface area contributed by atoms with Crippen LogP contribution in [0.1, 0.15) is 55.4 Å². The fourth-order valence-electron chi connectivity index (χ4n) is 4.42. The minimum Gasteiger partial charge on any atom is -0.289 e. The third kappa shape index (κ3) is 3.80. The third-order valence-electron chi connectivity index (χ3n) is 6.26. The van der Waals surface area contributed by atoms with Crippen molar-refractivity contribution < 1.29 is 9.59 Å². The topological polar surface area (TPSA) is 34.1 Å². The molecule has 0 atom stereocenters. The van der Waals surface area contributed by atoms with Crippen LogP contribution in [0.15, 0.2) is 0 Å². The van der Waals surface area contributed by atoms with Gasteiger partial charge in [0, 0.05) is 10.1 Å². The van der Waals surface area contributed by atoms with Crippen LogP contribution in [-0.4, -0.2) is 70.4 Å². The first-order valence-corrected chi connectivity index (χ1v) is 18.2. The van der Waals surface area contributed by atoms with Gasteiger partial charge in [-0.25, -0.2) is 0 Å². The second-order valence-corrected chi connectivity index (χ2v) is 21.2. The van der Waals surface area contributed by atoms with E-state index in [4.69, 9.17) is 0 Å². The van der Waals surface area contributed by atoms with Gasteiger partial charge in [0.05, 0.1) is 0 Å². The molecule has 0 aromatic rings. The summed E-state index contributed by atoms with van der Waals surface area (Å²) in [5.74, 6) is 0. The summed E-state index contributed by atoms with van der Waals surface area (Å²) < 4.78 is 0. The molecule has 0 N–H and O–H groups in total. The van der Waals surface area contributed by atoms with Gasteiger partial charge in [-0.1, -0.05) is 71.2 Å². The molecule has 0 unspecified atom stereocenters. The molecule has 152 valence electrons. The van der Waals surface area contributed by atoms with Gasteiger partial charge in [-0.05, 0) is 63.1 Å². The van der Waals surface area contributed by atoms with Crippen molar-refractivity contribution in [3.05, 3.63) is 0 Å². The second-order valence-electron chi connectivity index (χ2n) is 6.80. The van der Waals surface area contributed by atoms with Crippen LogP contribution in [0, 0.1) is 0 Å². The van der Waals surface area contributed by atoms with E-state index in [1.807, 2.05) is 0 Å². The summed E-state index contributed by atoms with van der Waals surface area (Å²) >= 11 is 0. The van der Waals surface area contributed by atoms with Crippen LogP contribution in [0.2, 0.25) is 0 Å². The maximum Gasteiger partial charge on any atom is 0.185 e. The highest BCUT2D eigenvalue weighted by molar-refractivity contribution is 8.22. The molecular weight excluding hydrogens is 396 g/mol. The van der Waals surface area contributed by atoms with E-state index in [1.165, 1.54) is 10.1 Å². The van der Waals surface area contributed by atoms with Gasteiger partial charge in [-0.15, -0.1) is 0 Å². The van der Waals surface area contributed by atoms with E-state index in [0.717, 1.165) is 49.3 Å². The van der Waals surface area contributed by atoms with Crippen molar-refractivity contribution in [1.82, 2.24) is 0 Å². The highest BCUT2D eigenvalue weighted by atomic mass is 31.2. The molecule has 1 rings (SSSR count). The smallest absolute Gasteiger partial charge is 0.185 e. The Hall–Kier alpha value is 0.800. The molecule has 0 spiro atoms. The van der Waals surface area contributed by atoms with E-state index in [9.17, 15) is 9.59 Å². The van der Waals surface area contributed by atoms with Gasteiger partial charge in [-0.3, -0.25) is 9.59 Å². The van der Waals surface area contributed by atoms with Crippen molar-refractivity contribution in [2.24, 2.45) is 0 Å². The lowest BCUT2D eigenvalue weighted by atomic mass is 10.8.